The number of para-hydroxylation sites is 1. The van der Waals surface area contributed by atoms with Gasteiger partial charge >= 0.3 is 0 Å². The molecule has 5 nitrogen and oxygen atoms in total. The molecule has 0 bridgehead atoms. The molecule has 1 unspecified atom stereocenters. The number of halogens is 1. The fraction of sp³-hybridized carbons (Fsp3) is 0.211. The minimum Gasteiger partial charge on any atom is -0.339 e. The molecule has 4 rings (SSSR count). The summed E-state index contributed by atoms with van der Waals surface area (Å²) < 4.78 is 5.44. The number of rotatable bonds is 4. The zero-order valence-corrected chi connectivity index (χ0v) is 15.6. The molecule has 1 fully saturated rings. The summed E-state index contributed by atoms with van der Waals surface area (Å²) in [6, 6.07) is 15.3. The molecule has 132 valence electrons. The van der Waals surface area contributed by atoms with Crippen LogP contribution in [-0.2, 0) is 4.79 Å². The third kappa shape index (κ3) is 3.22. The van der Waals surface area contributed by atoms with E-state index in [1.807, 2.05) is 48.7 Å². The second-order valence-electron chi connectivity index (χ2n) is 6.04. The molecule has 1 amide bonds. The van der Waals surface area contributed by atoms with Crippen LogP contribution >= 0.6 is 23.4 Å². The van der Waals surface area contributed by atoms with Crippen molar-refractivity contribution in [2.24, 2.45) is 0 Å². The number of carbonyl (C=O) groups is 1. The summed E-state index contributed by atoms with van der Waals surface area (Å²) in [4.78, 5) is 19.8. The van der Waals surface area contributed by atoms with Crippen LogP contribution < -0.4 is 4.90 Å². The summed E-state index contributed by atoms with van der Waals surface area (Å²) in [5.74, 6) is 0.894. The summed E-state index contributed by atoms with van der Waals surface area (Å²) in [6.07, 6.45) is 2.36. The Morgan fingerprint density at radius 2 is 1.96 bits per heavy atom. The van der Waals surface area contributed by atoms with Gasteiger partial charge in [0.1, 0.15) is 0 Å². The molecule has 26 heavy (non-hydrogen) atoms. The predicted molar refractivity (Wildman–Crippen MR) is 103 cm³/mol. The van der Waals surface area contributed by atoms with Gasteiger partial charge in [-0.2, -0.15) is 4.98 Å². The van der Waals surface area contributed by atoms with Gasteiger partial charge in [0.25, 0.3) is 0 Å². The lowest BCUT2D eigenvalue weighted by Crippen LogP contribution is -2.24. The largest absolute Gasteiger partial charge is 0.339 e. The van der Waals surface area contributed by atoms with Crippen LogP contribution in [-0.4, -0.2) is 28.8 Å². The maximum Gasteiger partial charge on any atom is 0.232 e. The van der Waals surface area contributed by atoms with Gasteiger partial charge in [0, 0.05) is 23.4 Å². The maximum absolute atomic E-state index is 12.4. The highest BCUT2D eigenvalue weighted by Crippen LogP contribution is 2.35. The zero-order chi connectivity index (χ0) is 18.1. The van der Waals surface area contributed by atoms with E-state index < -0.39 is 0 Å². The van der Waals surface area contributed by atoms with Gasteiger partial charge in [0.2, 0.25) is 17.6 Å². The molecule has 1 aliphatic rings. The predicted octanol–water partition coefficient (Wildman–Crippen LogP) is 4.63. The number of nitrogens with zero attached hydrogens (tertiary/aromatic N) is 3. The first-order valence-electron chi connectivity index (χ1n) is 8.18. The van der Waals surface area contributed by atoms with Crippen molar-refractivity contribution in [3.63, 3.8) is 0 Å². The molecule has 0 radical (unpaired) electrons. The molecule has 0 N–H and O–H groups in total. The third-order valence-electron chi connectivity index (χ3n) is 4.41. The van der Waals surface area contributed by atoms with Gasteiger partial charge < -0.3 is 9.42 Å². The fourth-order valence-corrected chi connectivity index (χ4v) is 3.68. The van der Waals surface area contributed by atoms with Crippen molar-refractivity contribution in [2.45, 2.75) is 17.2 Å². The molecule has 1 aliphatic heterocycles. The molecule has 1 atom stereocenters. The molecular weight excluding hydrogens is 370 g/mol. The van der Waals surface area contributed by atoms with Crippen LogP contribution in [0.4, 0.5) is 5.69 Å². The number of hydrogen-bond acceptors (Lipinski definition) is 5. The third-order valence-corrected chi connectivity index (χ3v) is 5.47. The van der Waals surface area contributed by atoms with E-state index in [4.69, 9.17) is 16.1 Å². The van der Waals surface area contributed by atoms with Crippen molar-refractivity contribution in [1.29, 1.82) is 0 Å². The number of benzene rings is 2. The molecule has 2 heterocycles. The molecule has 1 saturated heterocycles. The number of amides is 1. The summed E-state index contributed by atoms with van der Waals surface area (Å²) in [7, 11) is 0. The van der Waals surface area contributed by atoms with Crippen molar-refractivity contribution in [3.05, 3.63) is 59.4 Å². The zero-order valence-electron chi connectivity index (χ0n) is 14.1. The first-order chi connectivity index (χ1) is 12.7. The van der Waals surface area contributed by atoms with Crippen molar-refractivity contribution in [1.82, 2.24) is 10.1 Å². The molecule has 1 aromatic heterocycles. The lowest BCUT2D eigenvalue weighted by atomic mass is 10.1. The molecule has 0 saturated carbocycles. The second-order valence-corrected chi connectivity index (χ2v) is 7.33. The SMILES string of the molecule is CSc1ccc(-c2noc(C3CC(=O)N(c4ccccc4Cl)C3)n2)cc1. The Kier molecular flexibility index (Phi) is 4.70. The van der Waals surface area contributed by atoms with Crippen molar-refractivity contribution in [3.8, 4) is 11.4 Å². The van der Waals surface area contributed by atoms with E-state index in [0.29, 0.717) is 35.4 Å². The van der Waals surface area contributed by atoms with Gasteiger partial charge in [-0.15, -0.1) is 11.8 Å². The van der Waals surface area contributed by atoms with Crippen LogP contribution in [0.5, 0.6) is 0 Å². The van der Waals surface area contributed by atoms with E-state index in [-0.39, 0.29) is 11.8 Å². The highest BCUT2D eigenvalue weighted by atomic mass is 35.5. The molecule has 7 heteroatoms. The smallest absolute Gasteiger partial charge is 0.232 e. The monoisotopic (exact) mass is 385 g/mol. The molecule has 3 aromatic rings. The molecule has 0 aliphatic carbocycles. The van der Waals surface area contributed by atoms with Crippen LogP contribution in [0.3, 0.4) is 0 Å². The summed E-state index contributed by atoms with van der Waals surface area (Å²) in [6.45, 7) is 0.482. The molecule has 2 aromatic carbocycles. The first kappa shape index (κ1) is 17.1. The van der Waals surface area contributed by atoms with E-state index in [1.54, 1.807) is 22.7 Å². The average molecular weight is 386 g/mol. The Morgan fingerprint density at radius 1 is 1.19 bits per heavy atom. The topological polar surface area (TPSA) is 59.2 Å². The van der Waals surface area contributed by atoms with Gasteiger partial charge in [-0.05, 0) is 42.7 Å². The number of anilines is 1. The fourth-order valence-electron chi connectivity index (χ4n) is 3.03. The lowest BCUT2D eigenvalue weighted by Gasteiger charge is -2.17. The van der Waals surface area contributed by atoms with E-state index >= 15 is 0 Å². The van der Waals surface area contributed by atoms with Gasteiger partial charge in [0.05, 0.1) is 16.6 Å². The van der Waals surface area contributed by atoms with E-state index in [0.717, 1.165) is 5.56 Å². The average Bonchev–Trinajstić information content (AvgIpc) is 3.29. The van der Waals surface area contributed by atoms with Crippen LogP contribution in [0.25, 0.3) is 11.4 Å². The first-order valence-corrected chi connectivity index (χ1v) is 9.79. The maximum atomic E-state index is 12.4. The summed E-state index contributed by atoms with van der Waals surface area (Å²) >= 11 is 7.90. The Bertz CT molecular complexity index is 942. The Hall–Kier alpha value is -2.31. The van der Waals surface area contributed by atoms with Crippen molar-refractivity contribution < 1.29 is 9.32 Å². The van der Waals surface area contributed by atoms with Gasteiger partial charge in [-0.3, -0.25) is 4.79 Å². The number of carbonyl (C=O) groups excluding carboxylic acids is 1. The number of aromatic nitrogens is 2. The normalized spacial score (nSPS) is 17.1. The molecular formula is C19H16ClN3O2S. The van der Waals surface area contributed by atoms with Crippen molar-refractivity contribution >= 4 is 35.0 Å². The summed E-state index contributed by atoms with van der Waals surface area (Å²) in [5, 5.41) is 4.64. The minimum absolute atomic E-state index is 0.00664. The van der Waals surface area contributed by atoms with E-state index in [9.17, 15) is 4.79 Å². The number of thioether (sulfide) groups is 1. The Balaban J connectivity index is 1.55. The lowest BCUT2D eigenvalue weighted by molar-refractivity contribution is -0.117. The second kappa shape index (κ2) is 7.13. The quantitative estimate of drug-likeness (QED) is 0.612. The van der Waals surface area contributed by atoms with Gasteiger partial charge in [0.15, 0.2) is 0 Å². The molecule has 0 spiro atoms. The van der Waals surface area contributed by atoms with Crippen LogP contribution in [0, 0.1) is 0 Å². The van der Waals surface area contributed by atoms with Crippen LogP contribution in [0.1, 0.15) is 18.2 Å². The van der Waals surface area contributed by atoms with Crippen molar-refractivity contribution in [2.75, 3.05) is 17.7 Å². The van der Waals surface area contributed by atoms with Gasteiger partial charge in [-0.25, -0.2) is 0 Å². The number of hydrogen-bond donors (Lipinski definition) is 0. The highest BCUT2D eigenvalue weighted by molar-refractivity contribution is 7.98. The highest BCUT2D eigenvalue weighted by Gasteiger charge is 2.35. The van der Waals surface area contributed by atoms with Crippen LogP contribution in [0.15, 0.2) is 57.9 Å². The Morgan fingerprint density at radius 3 is 2.69 bits per heavy atom. The van der Waals surface area contributed by atoms with E-state index in [1.165, 1.54) is 4.90 Å². The minimum atomic E-state index is -0.134. The standard InChI is InChI=1S/C19H16ClN3O2S/c1-26-14-8-6-12(7-9-14)18-21-19(25-22-18)13-10-17(24)23(11-13)16-5-3-2-4-15(16)20/h2-9,13H,10-11H2,1H3. The van der Waals surface area contributed by atoms with E-state index in [2.05, 4.69) is 10.1 Å². The van der Waals surface area contributed by atoms with Crippen LogP contribution in [0.2, 0.25) is 5.02 Å². The Labute approximate surface area is 160 Å². The van der Waals surface area contributed by atoms with Gasteiger partial charge in [-0.1, -0.05) is 28.9 Å². The summed E-state index contributed by atoms with van der Waals surface area (Å²) in [5.41, 5.74) is 1.61.